The van der Waals surface area contributed by atoms with Crippen molar-refractivity contribution in [3.8, 4) is 0 Å². The number of anilines is 1. The summed E-state index contributed by atoms with van der Waals surface area (Å²) >= 11 is 0. The zero-order chi connectivity index (χ0) is 14.0. The molecule has 0 aliphatic carbocycles. The van der Waals surface area contributed by atoms with Crippen LogP contribution in [0.3, 0.4) is 0 Å². The zero-order valence-corrected chi connectivity index (χ0v) is 11.3. The molecule has 2 rings (SSSR count). The summed E-state index contributed by atoms with van der Waals surface area (Å²) < 4.78 is 48.9. The van der Waals surface area contributed by atoms with Crippen LogP contribution in [0.25, 0.3) is 0 Å². The lowest BCUT2D eigenvalue weighted by atomic mass is 10.2. The van der Waals surface area contributed by atoms with Gasteiger partial charge in [0.15, 0.2) is 0 Å². The number of piperazine rings is 1. The van der Waals surface area contributed by atoms with Crippen molar-refractivity contribution in [2.24, 2.45) is 0 Å². The van der Waals surface area contributed by atoms with E-state index in [2.05, 4.69) is 5.32 Å². The molecule has 1 aliphatic heterocycles. The van der Waals surface area contributed by atoms with E-state index in [4.69, 9.17) is 0 Å². The van der Waals surface area contributed by atoms with Gasteiger partial charge in [-0.2, -0.15) is 8.78 Å². The van der Waals surface area contributed by atoms with Crippen LogP contribution in [0.1, 0.15) is 6.92 Å². The Morgan fingerprint density at radius 2 is 2.05 bits per heavy atom. The van der Waals surface area contributed by atoms with Gasteiger partial charge in [0.25, 0.3) is 0 Å². The summed E-state index contributed by atoms with van der Waals surface area (Å²) in [4.78, 5) is 1.56. The number of hydrogen-bond acceptors (Lipinski definition) is 4. The van der Waals surface area contributed by atoms with E-state index in [1.165, 1.54) is 12.1 Å². The highest BCUT2D eigenvalue weighted by molar-refractivity contribution is 7.91. The fourth-order valence-corrected chi connectivity index (χ4v) is 3.17. The van der Waals surface area contributed by atoms with Crippen molar-refractivity contribution in [1.29, 1.82) is 0 Å². The number of halogens is 2. The molecular formula is C12H16F2N2O2S. The Morgan fingerprint density at radius 1 is 1.37 bits per heavy atom. The van der Waals surface area contributed by atoms with Crippen LogP contribution in [0.4, 0.5) is 14.5 Å². The number of sulfone groups is 1. The molecule has 0 amide bonds. The fraction of sp³-hybridized carbons (Fsp3) is 0.500. The van der Waals surface area contributed by atoms with E-state index in [0.29, 0.717) is 25.3 Å². The quantitative estimate of drug-likeness (QED) is 0.916. The maximum Gasteiger partial charge on any atom is 0.341 e. The molecule has 0 radical (unpaired) electrons. The van der Waals surface area contributed by atoms with Crippen LogP contribution in [0.15, 0.2) is 29.2 Å². The van der Waals surface area contributed by atoms with E-state index < -0.39 is 15.6 Å². The van der Waals surface area contributed by atoms with Gasteiger partial charge in [-0.05, 0) is 19.1 Å². The predicted molar refractivity (Wildman–Crippen MR) is 69.3 cm³/mol. The third-order valence-electron chi connectivity index (χ3n) is 3.22. The Labute approximate surface area is 111 Å². The number of alkyl halides is 2. The molecule has 0 aromatic heterocycles. The summed E-state index contributed by atoms with van der Waals surface area (Å²) in [6.45, 7) is 3.92. The molecule has 0 bridgehead atoms. The number of hydrogen-bond donors (Lipinski definition) is 1. The maximum atomic E-state index is 12.7. The summed E-state index contributed by atoms with van der Waals surface area (Å²) in [7, 11) is -4.58. The largest absolute Gasteiger partial charge is 0.365 e. The minimum absolute atomic E-state index is 0.0581. The number of para-hydroxylation sites is 1. The second-order valence-electron chi connectivity index (χ2n) is 4.52. The summed E-state index contributed by atoms with van der Waals surface area (Å²) in [5.74, 6) is -3.40. The number of rotatable bonds is 3. The van der Waals surface area contributed by atoms with E-state index in [-0.39, 0.29) is 10.9 Å². The van der Waals surface area contributed by atoms with E-state index in [0.717, 1.165) is 0 Å². The van der Waals surface area contributed by atoms with Gasteiger partial charge in [0.1, 0.15) is 0 Å². The monoisotopic (exact) mass is 290 g/mol. The molecule has 1 saturated heterocycles. The van der Waals surface area contributed by atoms with E-state index in [1.54, 1.807) is 12.1 Å². The Bertz CT molecular complexity index is 548. The van der Waals surface area contributed by atoms with Gasteiger partial charge >= 0.3 is 5.76 Å². The van der Waals surface area contributed by atoms with Gasteiger partial charge in [0, 0.05) is 25.7 Å². The predicted octanol–water partition coefficient (Wildman–Crippen LogP) is 1.48. The molecular weight excluding hydrogens is 274 g/mol. The highest BCUT2D eigenvalue weighted by Crippen LogP contribution is 2.30. The molecule has 7 heteroatoms. The Kier molecular flexibility index (Phi) is 4.05. The summed E-state index contributed by atoms with van der Waals surface area (Å²) in [6, 6.07) is 6.01. The molecule has 1 heterocycles. The van der Waals surface area contributed by atoms with Gasteiger partial charge in [0.05, 0.1) is 10.6 Å². The first-order chi connectivity index (χ1) is 8.94. The average molecular weight is 290 g/mol. The number of nitrogens with zero attached hydrogens (tertiary/aromatic N) is 1. The number of nitrogens with one attached hydrogen (secondary N) is 1. The van der Waals surface area contributed by atoms with Crippen molar-refractivity contribution in [3.05, 3.63) is 24.3 Å². The molecule has 1 aromatic carbocycles. The highest BCUT2D eigenvalue weighted by atomic mass is 32.2. The van der Waals surface area contributed by atoms with E-state index in [9.17, 15) is 17.2 Å². The van der Waals surface area contributed by atoms with Gasteiger partial charge in [0.2, 0.25) is 9.84 Å². The van der Waals surface area contributed by atoms with Crippen LogP contribution >= 0.6 is 0 Å². The third-order valence-corrected chi connectivity index (χ3v) is 4.64. The van der Waals surface area contributed by atoms with Crippen molar-refractivity contribution in [3.63, 3.8) is 0 Å². The maximum absolute atomic E-state index is 12.7. The lowest BCUT2D eigenvalue weighted by Crippen LogP contribution is -2.50. The first-order valence-corrected chi connectivity index (χ1v) is 7.57. The Hall–Kier alpha value is -1.21. The third kappa shape index (κ3) is 2.71. The van der Waals surface area contributed by atoms with Gasteiger partial charge < -0.3 is 10.2 Å². The van der Waals surface area contributed by atoms with Crippen LogP contribution in [0.2, 0.25) is 0 Å². The topological polar surface area (TPSA) is 49.4 Å². The van der Waals surface area contributed by atoms with Crippen molar-refractivity contribution >= 4 is 15.5 Å². The molecule has 1 unspecified atom stereocenters. The second kappa shape index (κ2) is 5.42. The zero-order valence-electron chi connectivity index (χ0n) is 10.5. The van der Waals surface area contributed by atoms with Crippen molar-refractivity contribution in [2.45, 2.75) is 23.6 Å². The molecule has 4 nitrogen and oxygen atoms in total. The summed E-state index contributed by atoms with van der Waals surface area (Å²) in [5, 5.41) is 3.18. The number of benzene rings is 1. The molecule has 0 saturated carbocycles. The van der Waals surface area contributed by atoms with Crippen LogP contribution in [0, 0.1) is 0 Å². The smallest absolute Gasteiger partial charge is 0.341 e. The normalized spacial score (nSPS) is 20.8. The van der Waals surface area contributed by atoms with Gasteiger partial charge in [-0.3, -0.25) is 0 Å². The van der Waals surface area contributed by atoms with E-state index in [1.807, 2.05) is 11.8 Å². The fourth-order valence-electron chi connectivity index (χ4n) is 2.23. The Morgan fingerprint density at radius 3 is 2.68 bits per heavy atom. The van der Waals surface area contributed by atoms with Gasteiger partial charge in [-0.25, -0.2) is 8.42 Å². The first-order valence-electron chi connectivity index (χ1n) is 6.03. The van der Waals surface area contributed by atoms with Gasteiger partial charge in [-0.15, -0.1) is 0 Å². The van der Waals surface area contributed by atoms with Crippen LogP contribution in [0.5, 0.6) is 0 Å². The standard InChI is InChI=1S/C12H16F2N2O2S/c1-9-8-15-6-7-16(9)10-4-2-3-5-11(10)19(17,18)12(13)14/h2-5,9,12,15H,6-8H2,1H3. The molecule has 1 N–H and O–H groups in total. The minimum Gasteiger partial charge on any atom is -0.365 e. The molecule has 1 aliphatic rings. The Balaban J connectivity index is 2.47. The second-order valence-corrected chi connectivity index (χ2v) is 6.41. The van der Waals surface area contributed by atoms with Crippen molar-refractivity contribution < 1.29 is 17.2 Å². The molecule has 106 valence electrons. The molecule has 1 fully saturated rings. The summed E-state index contributed by atoms with van der Waals surface area (Å²) in [5.41, 5.74) is 0.358. The minimum atomic E-state index is -4.58. The van der Waals surface area contributed by atoms with Crippen molar-refractivity contribution in [1.82, 2.24) is 5.32 Å². The highest BCUT2D eigenvalue weighted by Gasteiger charge is 2.32. The lowest BCUT2D eigenvalue weighted by molar-refractivity contribution is 0.234. The molecule has 1 aromatic rings. The van der Waals surface area contributed by atoms with Crippen LogP contribution in [-0.4, -0.2) is 39.9 Å². The van der Waals surface area contributed by atoms with Crippen LogP contribution < -0.4 is 10.2 Å². The SMILES string of the molecule is CC1CNCCN1c1ccccc1S(=O)(=O)C(F)F. The first kappa shape index (κ1) is 14.2. The van der Waals surface area contributed by atoms with Crippen molar-refractivity contribution in [2.75, 3.05) is 24.5 Å². The molecule has 1 atom stereocenters. The summed E-state index contributed by atoms with van der Waals surface area (Å²) in [6.07, 6.45) is 0. The molecule has 0 spiro atoms. The molecule has 19 heavy (non-hydrogen) atoms. The van der Waals surface area contributed by atoms with Gasteiger partial charge in [-0.1, -0.05) is 12.1 Å². The van der Waals surface area contributed by atoms with Crippen LogP contribution in [-0.2, 0) is 9.84 Å². The van der Waals surface area contributed by atoms with E-state index >= 15 is 0 Å². The average Bonchev–Trinajstić information content (AvgIpc) is 2.39. The lowest BCUT2D eigenvalue weighted by Gasteiger charge is -2.36.